The summed E-state index contributed by atoms with van der Waals surface area (Å²) in [5, 5.41) is 69.2. The first-order valence-electron chi connectivity index (χ1n) is 9.84. The van der Waals surface area contributed by atoms with Crippen molar-refractivity contribution in [1.29, 1.82) is 0 Å². The first-order chi connectivity index (χ1) is 15.1. The van der Waals surface area contributed by atoms with E-state index in [-0.39, 0.29) is 17.2 Å². The van der Waals surface area contributed by atoms with Gasteiger partial charge in [-0.2, -0.15) is 0 Å². The third-order valence-electron chi connectivity index (χ3n) is 6.16. The van der Waals surface area contributed by atoms with E-state index in [9.17, 15) is 25.2 Å². The fraction of sp³-hybridized carbons (Fsp3) is 0.706. The van der Waals surface area contributed by atoms with Crippen molar-refractivity contribution in [3.05, 3.63) is 10.7 Å². The molecule has 0 radical (unpaired) electrons. The Hall–Kier alpha value is -2.20. The van der Waals surface area contributed by atoms with Crippen molar-refractivity contribution in [1.82, 2.24) is 30.3 Å². The number of hydrogen-bond donors (Lipinski definition) is 5. The van der Waals surface area contributed by atoms with Gasteiger partial charge in [0.2, 0.25) is 5.65 Å². The van der Waals surface area contributed by atoms with Crippen molar-refractivity contribution in [2.75, 3.05) is 18.7 Å². The first kappa shape index (κ1) is 23.0. The summed E-state index contributed by atoms with van der Waals surface area (Å²) in [6.07, 6.45) is -6.95. The third kappa shape index (κ3) is 3.14. The number of hydrogen-bond acceptors (Lipinski definition) is 13. The highest BCUT2D eigenvalue weighted by atomic mass is 35.5. The van der Waals surface area contributed by atoms with Crippen LogP contribution in [0.15, 0.2) is 0 Å². The van der Waals surface area contributed by atoms with Crippen LogP contribution < -0.4 is 5.01 Å². The number of hydrazine groups is 1. The van der Waals surface area contributed by atoms with Gasteiger partial charge >= 0.3 is 5.97 Å². The molecule has 4 heterocycles. The number of aliphatic hydroxyl groups is 5. The van der Waals surface area contributed by atoms with Crippen LogP contribution in [0.1, 0.15) is 25.8 Å². The third-order valence-corrected chi connectivity index (χ3v) is 6.42. The van der Waals surface area contributed by atoms with Crippen molar-refractivity contribution in [3.8, 4) is 0 Å². The zero-order valence-electron chi connectivity index (χ0n) is 17.4. The van der Waals surface area contributed by atoms with E-state index >= 15 is 0 Å². The molecule has 0 saturated carbocycles. The van der Waals surface area contributed by atoms with Crippen LogP contribution in [0.4, 0.5) is 5.69 Å². The highest BCUT2D eigenvalue weighted by Gasteiger charge is 2.60. The lowest BCUT2D eigenvalue weighted by molar-refractivity contribution is -0.142. The average Bonchev–Trinajstić information content (AvgIpc) is 3.44. The number of esters is 1. The molecule has 0 aromatic carbocycles. The van der Waals surface area contributed by atoms with Gasteiger partial charge in [0.25, 0.3) is 0 Å². The Morgan fingerprint density at radius 3 is 2.59 bits per heavy atom. The van der Waals surface area contributed by atoms with Crippen LogP contribution in [-0.4, -0.2) is 112 Å². The maximum Gasteiger partial charge on any atom is 0.330 e. The molecule has 2 aromatic rings. The quantitative estimate of drug-likeness (QED) is 0.270. The molecule has 0 aliphatic carbocycles. The highest BCUT2D eigenvalue weighted by molar-refractivity contribution is 6.32. The van der Waals surface area contributed by atoms with Gasteiger partial charge in [-0.25, -0.2) is 9.80 Å². The zero-order chi connectivity index (χ0) is 23.5. The minimum absolute atomic E-state index is 0.00214. The first-order valence-corrected chi connectivity index (χ1v) is 10.2. The summed E-state index contributed by atoms with van der Waals surface area (Å²) in [7, 11) is 1.22. The maximum absolute atomic E-state index is 12.7. The lowest BCUT2D eigenvalue weighted by Crippen LogP contribution is -2.57. The van der Waals surface area contributed by atoms with Gasteiger partial charge in [-0.1, -0.05) is 11.6 Å². The molecule has 1 saturated heterocycles. The monoisotopic (exact) mass is 473 g/mol. The minimum Gasteiger partial charge on any atom is -0.467 e. The van der Waals surface area contributed by atoms with Crippen LogP contribution in [-0.2, 0) is 15.1 Å². The van der Waals surface area contributed by atoms with E-state index in [0.717, 1.165) is 4.63 Å². The number of methoxy groups -OCH3 is 1. The standard InChI is InChI=1S/C17H24ClN7O7/c1-17(2)9-10(14(18)20-25-15(9)19-21-22-25)23-7(16(31)32-3)4-6(24(17)23)11(28)13(30)12(29)8(27)5-26/h6-8,11-13,26-30H,4-5H2,1-3H3/t6-,7-,8+,11?,12-,13?/m0/s1. The highest BCUT2D eigenvalue weighted by Crippen LogP contribution is 2.54. The molecule has 15 heteroatoms. The number of rotatable bonds is 6. The Labute approximate surface area is 186 Å². The van der Waals surface area contributed by atoms with Crippen LogP contribution in [0.25, 0.3) is 5.65 Å². The zero-order valence-corrected chi connectivity index (χ0v) is 18.2. The summed E-state index contributed by atoms with van der Waals surface area (Å²) < 4.78 is 6.10. The summed E-state index contributed by atoms with van der Waals surface area (Å²) >= 11 is 6.45. The second kappa shape index (κ2) is 7.98. The number of halogens is 1. The second-order valence-electron chi connectivity index (χ2n) is 8.32. The molecule has 5 N–H and O–H groups in total. The Morgan fingerprint density at radius 2 is 1.97 bits per heavy atom. The van der Waals surface area contributed by atoms with E-state index in [1.807, 2.05) is 0 Å². The molecule has 2 aliphatic rings. The molecular weight excluding hydrogens is 450 g/mol. The molecule has 2 aliphatic heterocycles. The predicted octanol–water partition coefficient (Wildman–Crippen LogP) is -2.81. The van der Waals surface area contributed by atoms with E-state index in [1.54, 1.807) is 23.9 Å². The minimum atomic E-state index is -1.83. The van der Waals surface area contributed by atoms with Gasteiger partial charge in [0, 0.05) is 6.42 Å². The molecule has 32 heavy (non-hydrogen) atoms. The molecule has 0 bridgehead atoms. The summed E-state index contributed by atoms with van der Waals surface area (Å²) in [6.45, 7) is 2.77. The van der Waals surface area contributed by atoms with Gasteiger partial charge < -0.3 is 30.3 Å². The topological polar surface area (TPSA) is 190 Å². The number of aliphatic hydroxyl groups excluding tert-OH is 5. The van der Waals surface area contributed by atoms with Gasteiger partial charge in [-0.15, -0.1) is 14.8 Å². The molecule has 2 unspecified atom stereocenters. The summed E-state index contributed by atoms with van der Waals surface area (Å²) in [5.74, 6) is -0.616. The van der Waals surface area contributed by atoms with E-state index in [1.165, 1.54) is 7.11 Å². The van der Waals surface area contributed by atoms with Gasteiger partial charge in [0.15, 0.2) is 5.15 Å². The smallest absolute Gasteiger partial charge is 0.330 e. The van der Waals surface area contributed by atoms with E-state index < -0.39 is 54.6 Å². The SMILES string of the molecule is COC(=O)[C@@H]1C[C@@H](C(O)C(O)[C@@H](O)[C@H](O)CO)N2N1c1c(Cl)nn3nnnc3c1C2(C)C. The Kier molecular flexibility index (Phi) is 5.73. The number of carbonyl (C=O) groups excluding carboxylic acids is 1. The van der Waals surface area contributed by atoms with Gasteiger partial charge in [-0.05, 0) is 24.3 Å². The molecule has 1 fully saturated rings. The molecule has 2 aromatic heterocycles. The lowest BCUT2D eigenvalue weighted by Gasteiger charge is -2.40. The average molecular weight is 474 g/mol. The summed E-state index contributed by atoms with van der Waals surface area (Å²) in [5.41, 5.74) is 0.234. The molecule has 0 amide bonds. The fourth-order valence-electron chi connectivity index (χ4n) is 4.69. The summed E-state index contributed by atoms with van der Waals surface area (Å²) in [6, 6.07) is -1.87. The number of fused-ring (bicyclic) bond motifs is 5. The molecular formula is C17H24ClN7O7. The molecule has 14 nitrogen and oxygen atoms in total. The number of aromatic nitrogens is 5. The van der Waals surface area contributed by atoms with Crippen LogP contribution in [0.3, 0.4) is 0 Å². The van der Waals surface area contributed by atoms with Gasteiger partial charge in [-0.3, -0.25) is 5.01 Å². The van der Waals surface area contributed by atoms with Gasteiger partial charge in [0.1, 0.15) is 30.0 Å². The van der Waals surface area contributed by atoms with Crippen molar-refractivity contribution < 1.29 is 35.1 Å². The maximum atomic E-state index is 12.7. The Balaban J connectivity index is 1.84. The predicted molar refractivity (Wildman–Crippen MR) is 106 cm³/mol. The van der Waals surface area contributed by atoms with Crippen LogP contribution in [0.5, 0.6) is 0 Å². The van der Waals surface area contributed by atoms with Crippen molar-refractivity contribution in [3.63, 3.8) is 0 Å². The number of ether oxygens (including phenoxy) is 1. The van der Waals surface area contributed by atoms with E-state index in [4.69, 9.17) is 21.4 Å². The van der Waals surface area contributed by atoms with E-state index in [0.29, 0.717) is 11.3 Å². The van der Waals surface area contributed by atoms with Gasteiger partial charge in [0.05, 0.1) is 37.0 Å². The fourth-order valence-corrected chi connectivity index (χ4v) is 4.95. The van der Waals surface area contributed by atoms with Crippen molar-refractivity contribution in [2.24, 2.45) is 0 Å². The van der Waals surface area contributed by atoms with Crippen molar-refractivity contribution >= 4 is 28.9 Å². The second-order valence-corrected chi connectivity index (χ2v) is 8.68. The largest absolute Gasteiger partial charge is 0.467 e. The molecule has 176 valence electrons. The van der Waals surface area contributed by atoms with Crippen LogP contribution in [0, 0.1) is 0 Å². The van der Waals surface area contributed by atoms with E-state index in [2.05, 4.69) is 20.6 Å². The summed E-state index contributed by atoms with van der Waals surface area (Å²) in [4.78, 5) is 12.7. The van der Waals surface area contributed by atoms with Crippen LogP contribution >= 0.6 is 11.6 Å². The lowest BCUT2D eigenvalue weighted by atomic mass is 9.89. The number of anilines is 1. The molecule has 4 rings (SSSR count). The molecule has 0 spiro atoms. The normalized spacial score (nSPS) is 26.0. The van der Waals surface area contributed by atoms with Crippen molar-refractivity contribution in [2.45, 2.75) is 62.3 Å². The molecule has 6 atom stereocenters. The number of tetrazole rings is 1. The van der Waals surface area contributed by atoms with Crippen LogP contribution in [0.2, 0.25) is 5.15 Å². The Bertz CT molecular complexity index is 1040. The number of carbonyl (C=O) groups is 1. The number of nitrogens with zero attached hydrogens (tertiary/aromatic N) is 7. The Morgan fingerprint density at radius 1 is 1.28 bits per heavy atom.